The number of hydrogen-bond acceptors (Lipinski definition) is 8. The Morgan fingerprint density at radius 3 is 2.78 bits per heavy atom. The van der Waals surface area contributed by atoms with E-state index in [1.54, 1.807) is 7.05 Å². The number of nitrogens with one attached hydrogen (secondary N) is 2. The average Bonchev–Trinajstić information content (AvgIpc) is 2.69. The Hall–Kier alpha value is -3.75. The normalized spacial score (nSPS) is 15.7. The molecule has 2 aromatic heterocycles. The number of nitrogens with two attached hydrogens (primary N) is 1. The molecule has 1 aliphatic heterocycles. The van der Waals surface area contributed by atoms with Crippen LogP contribution in [0, 0.1) is 0 Å². The van der Waals surface area contributed by atoms with Gasteiger partial charge in [0.1, 0.15) is 0 Å². The number of nitrogens with zero attached hydrogens (tertiary/aromatic N) is 4. The van der Waals surface area contributed by atoms with Gasteiger partial charge in [-0.05, 0) is 5.56 Å². The van der Waals surface area contributed by atoms with E-state index in [9.17, 15) is 9.90 Å². The zero-order valence-electron chi connectivity index (χ0n) is 14.5. The molecule has 5 N–H and O–H groups in total. The zero-order chi connectivity index (χ0) is 19.0. The second kappa shape index (κ2) is 6.52. The van der Waals surface area contributed by atoms with Gasteiger partial charge < -0.3 is 21.5 Å². The summed E-state index contributed by atoms with van der Waals surface area (Å²) in [4.78, 5) is 29.1. The van der Waals surface area contributed by atoms with Gasteiger partial charge in [0.25, 0.3) is 11.8 Å². The quantitative estimate of drug-likeness (QED) is 0.546. The van der Waals surface area contributed by atoms with E-state index in [1.807, 2.05) is 24.3 Å². The zero-order valence-corrected chi connectivity index (χ0v) is 14.5. The second-order valence-electron chi connectivity index (χ2n) is 6.09. The molecule has 9 nitrogen and oxygen atoms in total. The highest BCUT2D eigenvalue weighted by Gasteiger charge is 2.29. The number of rotatable bonds is 3. The average molecular weight is 363 g/mol. The SMILES string of the molecule is CNc1ncc2c(n1)C[C@H](c1ccccc1-c1cnc(N)c(O)n1)NC2=O. The van der Waals surface area contributed by atoms with Crippen molar-refractivity contribution < 1.29 is 9.90 Å². The van der Waals surface area contributed by atoms with Crippen molar-refractivity contribution in [2.45, 2.75) is 12.5 Å². The fourth-order valence-corrected chi connectivity index (χ4v) is 3.10. The molecule has 1 aliphatic rings. The van der Waals surface area contributed by atoms with Crippen LogP contribution in [0.5, 0.6) is 5.88 Å². The van der Waals surface area contributed by atoms with Crippen LogP contribution in [-0.4, -0.2) is 38.0 Å². The van der Waals surface area contributed by atoms with E-state index in [1.165, 1.54) is 12.4 Å². The predicted octanol–water partition coefficient (Wildman–Crippen LogP) is 1.29. The van der Waals surface area contributed by atoms with E-state index in [2.05, 4.69) is 30.6 Å². The summed E-state index contributed by atoms with van der Waals surface area (Å²) in [5.41, 5.74) is 8.74. The van der Waals surface area contributed by atoms with Crippen LogP contribution >= 0.6 is 0 Å². The van der Waals surface area contributed by atoms with Gasteiger partial charge in [-0.25, -0.2) is 19.9 Å². The van der Waals surface area contributed by atoms with Crippen LogP contribution in [0.2, 0.25) is 0 Å². The van der Waals surface area contributed by atoms with Crippen molar-refractivity contribution in [1.29, 1.82) is 0 Å². The Labute approximate surface area is 154 Å². The Morgan fingerprint density at radius 1 is 1.19 bits per heavy atom. The van der Waals surface area contributed by atoms with Crippen LogP contribution in [0.25, 0.3) is 11.3 Å². The molecule has 4 rings (SSSR count). The van der Waals surface area contributed by atoms with Gasteiger partial charge in [-0.1, -0.05) is 24.3 Å². The van der Waals surface area contributed by atoms with Crippen LogP contribution < -0.4 is 16.4 Å². The first kappa shape index (κ1) is 16.7. The van der Waals surface area contributed by atoms with Crippen molar-refractivity contribution in [3.05, 3.63) is 53.5 Å². The van der Waals surface area contributed by atoms with Gasteiger partial charge in [-0.15, -0.1) is 0 Å². The summed E-state index contributed by atoms with van der Waals surface area (Å²) in [6.07, 6.45) is 3.52. The molecule has 1 amide bonds. The van der Waals surface area contributed by atoms with Crippen LogP contribution in [-0.2, 0) is 6.42 Å². The molecule has 0 spiro atoms. The van der Waals surface area contributed by atoms with Gasteiger partial charge in [-0.3, -0.25) is 4.79 Å². The lowest BCUT2D eigenvalue weighted by Gasteiger charge is -2.26. The smallest absolute Gasteiger partial charge is 0.255 e. The highest BCUT2D eigenvalue weighted by atomic mass is 16.3. The minimum absolute atomic E-state index is 0.0348. The molecule has 0 radical (unpaired) electrons. The van der Waals surface area contributed by atoms with Crippen LogP contribution in [0.3, 0.4) is 0 Å². The Morgan fingerprint density at radius 2 is 2.00 bits per heavy atom. The first-order chi connectivity index (χ1) is 13.1. The fourth-order valence-electron chi connectivity index (χ4n) is 3.10. The summed E-state index contributed by atoms with van der Waals surface area (Å²) in [6, 6.07) is 7.19. The summed E-state index contributed by atoms with van der Waals surface area (Å²) < 4.78 is 0. The molecule has 0 saturated carbocycles. The van der Waals surface area contributed by atoms with E-state index in [-0.39, 0.29) is 23.6 Å². The van der Waals surface area contributed by atoms with Gasteiger partial charge in [0, 0.05) is 25.2 Å². The van der Waals surface area contributed by atoms with Crippen molar-refractivity contribution in [2.75, 3.05) is 18.1 Å². The largest absolute Gasteiger partial charge is 0.491 e. The number of nitrogen functional groups attached to an aromatic ring is 1. The summed E-state index contributed by atoms with van der Waals surface area (Å²) in [7, 11) is 1.73. The maximum atomic E-state index is 12.5. The topological polar surface area (TPSA) is 139 Å². The number of aromatic hydroxyl groups is 1. The molecule has 3 aromatic rings. The number of benzene rings is 1. The van der Waals surface area contributed by atoms with Crippen molar-refractivity contribution in [3.8, 4) is 17.1 Å². The maximum absolute atomic E-state index is 12.5. The summed E-state index contributed by atoms with van der Waals surface area (Å²) in [6.45, 7) is 0. The Bertz CT molecular complexity index is 1040. The summed E-state index contributed by atoms with van der Waals surface area (Å²) in [5.74, 6) is -0.131. The number of anilines is 2. The van der Waals surface area contributed by atoms with Crippen LogP contribution in [0.15, 0.2) is 36.7 Å². The van der Waals surface area contributed by atoms with E-state index in [4.69, 9.17) is 5.73 Å². The van der Waals surface area contributed by atoms with Crippen LogP contribution in [0.4, 0.5) is 11.8 Å². The monoisotopic (exact) mass is 363 g/mol. The molecular formula is C18H17N7O2. The highest BCUT2D eigenvalue weighted by molar-refractivity contribution is 5.96. The molecule has 27 heavy (non-hydrogen) atoms. The molecule has 0 saturated heterocycles. The molecule has 0 fully saturated rings. The molecule has 0 bridgehead atoms. The third-order valence-corrected chi connectivity index (χ3v) is 4.43. The number of carbonyl (C=O) groups excluding carboxylic acids is 1. The minimum Gasteiger partial charge on any atom is -0.491 e. The lowest BCUT2D eigenvalue weighted by molar-refractivity contribution is 0.0923. The van der Waals surface area contributed by atoms with Gasteiger partial charge in [-0.2, -0.15) is 0 Å². The predicted molar refractivity (Wildman–Crippen MR) is 99.0 cm³/mol. The van der Waals surface area contributed by atoms with Gasteiger partial charge >= 0.3 is 0 Å². The van der Waals surface area contributed by atoms with E-state index in [0.29, 0.717) is 29.3 Å². The molecule has 3 heterocycles. The summed E-state index contributed by atoms with van der Waals surface area (Å²) in [5, 5.41) is 15.7. The molecule has 0 unspecified atom stereocenters. The minimum atomic E-state index is -0.327. The van der Waals surface area contributed by atoms with Gasteiger partial charge in [0.05, 0.1) is 29.2 Å². The third kappa shape index (κ3) is 2.99. The first-order valence-corrected chi connectivity index (χ1v) is 8.32. The first-order valence-electron chi connectivity index (χ1n) is 8.32. The lowest BCUT2D eigenvalue weighted by Crippen LogP contribution is -2.36. The second-order valence-corrected chi connectivity index (χ2v) is 6.09. The third-order valence-electron chi connectivity index (χ3n) is 4.43. The number of aromatic nitrogens is 4. The standard InChI is InChI=1S/C18H17N7O2/c1-20-18-22-7-11-13(25-18)6-12(23-16(11)26)9-4-2-3-5-10(9)14-8-21-15(19)17(27)24-14/h2-5,7-8,12H,6H2,1H3,(H2,19,21)(H,23,26)(H,24,27)(H,20,22,25)/t12-/m1/s1. The molecule has 136 valence electrons. The number of amides is 1. The number of carbonyl (C=O) groups is 1. The van der Waals surface area contributed by atoms with Crippen molar-refractivity contribution in [3.63, 3.8) is 0 Å². The van der Waals surface area contributed by atoms with E-state index >= 15 is 0 Å². The highest BCUT2D eigenvalue weighted by Crippen LogP contribution is 2.32. The number of fused-ring (bicyclic) bond motifs is 1. The molecule has 1 aromatic carbocycles. The van der Waals surface area contributed by atoms with Crippen LogP contribution in [0.1, 0.15) is 27.7 Å². The van der Waals surface area contributed by atoms with Crippen molar-refractivity contribution in [2.24, 2.45) is 0 Å². The molecular weight excluding hydrogens is 346 g/mol. The van der Waals surface area contributed by atoms with Gasteiger partial charge in [0.2, 0.25) is 5.95 Å². The van der Waals surface area contributed by atoms with Crippen molar-refractivity contribution in [1.82, 2.24) is 25.3 Å². The van der Waals surface area contributed by atoms with Crippen molar-refractivity contribution >= 4 is 17.7 Å². The molecule has 0 aliphatic carbocycles. The maximum Gasteiger partial charge on any atom is 0.255 e. The van der Waals surface area contributed by atoms with E-state index < -0.39 is 0 Å². The lowest BCUT2D eigenvalue weighted by atomic mass is 9.91. The number of hydrogen-bond donors (Lipinski definition) is 4. The molecule has 9 heteroatoms. The fraction of sp³-hybridized carbons (Fsp3) is 0.167. The van der Waals surface area contributed by atoms with E-state index in [0.717, 1.165) is 11.1 Å². The van der Waals surface area contributed by atoms with Gasteiger partial charge in [0.15, 0.2) is 5.82 Å². The Kier molecular flexibility index (Phi) is 4.03. The molecule has 1 atom stereocenters. The Balaban J connectivity index is 1.76. The summed E-state index contributed by atoms with van der Waals surface area (Å²) >= 11 is 0.